The highest BCUT2D eigenvalue weighted by Crippen LogP contribution is 2.27. The van der Waals surface area contributed by atoms with Gasteiger partial charge in [0.15, 0.2) is 0 Å². The number of carbonyl (C=O) groups excluding carboxylic acids is 1. The topological polar surface area (TPSA) is 50.4 Å². The fourth-order valence-corrected chi connectivity index (χ4v) is 2.63. The number of nitrogens with one attached hydrogen (secondary N) is 2. The van der Waals surface area contributed by atoms with Crippen molar-refractivity contribution in [3.8, 4) is 5.75 Å². The van der Waals surface area contributed by atoms with Crippen LogP contribution in [0, 0.1) is 0 Å². The molecule has 1 heterocycles. The van der Waals surface area contributed by atoms with Crippen LogP contribution < -0.4 is 15.4 Å². The lowest BCUT2D eigenvalue weighted by Crippen LogP contribution is -2.34. The van der Waals surface area contributed by atoms with E-state index >= 15 is 0 Å². The first-order valence-corrected chi connectivity index (χ1v) is 7.43. The molecule has 4 nitrogen and oxygen atoms in total. The number of halogens is 1. The minimum absolute atomic E-state index is 0.0294. The minimum Gasteiger partial charge on any atom is -0.495 e. The van der Waals surface area contributed by atoms with Crippen LogP contribution in [0.3, 0.4) is 0 Å². The average molecular weight is 297 g/mol. The van der Waals surface area contributed by atoms with E-state index in [1.807, 2.05) is 0 Å². The molecule has 1 aromatic carbocycles. The highest BCUT2D eigenvalue weighted by molar-refractivity contribution is 6.32. The largest absolute Gasteiger partial charge is 0.495 e. The maximum atomic E-state index is 11.9. The number of rotatable bonds is 5. The molecular formula is C15H21ClN2O2. The van der Waals surface area contributed by atoms with Crippen LogP contribution in [0.5, 0.6) is 5.75 Å². The number of anilines is 1. The van der Waals surface area contributed by atoms with Crippen LogP contribution in [0.4, 0.5) is 5.69 Å². The van der Waals surface area contributed by atoms with Crippen molar-refractivity contribution in [2.24, 2.45) is 0 Å². The van der Waals surface area contributed by atoms with E-state index in [4.69, 9.17) is 16.3 Å². The van der Waals surface area contributed by atoms with Crippen molar-refractivity contribution in [3.05, 3.63) is 23.2 Å². The molecule has 1 unspecified atom stereocenters. The molecule has 0 bridgehead atoms. The van der Waals surface area contributed by atoms with Gasteiger partial charge in [0.05, 0.1) is 12.1 Å². The van der Waals surface area contributed by atoms with Gasteiger partial charge in [-0.25, -0.2) is 0 Å². The Balaban J connectivity index is 1.81. The van der Waals surface area contributed by atoms with E-state index in [-0.39, 0.29) is 5.91 Å². The predicted octanol–water partition coefficient (Wildman–Crippen LogP) is 3.21. The number of carbonyl (C=O) groups is 1. The van der Waals surface area contributed by atoms with Crippen molar-refractivity contribution in [3.63, 3.8) is 0 Å². The molecule has 110 valence electrons. The van der Waals surface area contributed by atoms with Crippen LogP contribution >= 0.6 is 11.6 Å². The van der Waals surface area contributed by atoms with Crippen LogP contribution in [0.15, 0.2) is 18.2 Å². The van der Waals surface area contributed by atoms with Crippen LogP contribution in [0.2, 0.25) is 5.02 Å². The maximum absolute atomic E-state index is 11.9. The summed E-state index contributed by atoms with van der Waals surface area (Å²) in [6, 6.07) is 5.72. The quantitative estimate of drug-likeness (QED) is 0.877. The standard InChI is InChI=1S/C15H21ClN2O2/c1-20-14-10-12(5-7-13(14)16)18-15(19)8-6-11-4-2-3-9-17-11/h5,7,10-11,17H,2-4,6,8-9H2,1H3,(H,18,19). The molecule has 0 spiro atoms. The van der Waals surface area contributed by atoms with Crippen molar-refractivity contribution in [2.45, 2.75) is 38.1 Å². The van der Waals surface area contributed by atoms with Gasteiger partial charge in [-0.3, -0.25) is 4.79 Å². The smallest absolute Gasteiger partial charge is 0.224 e. The van der Waals surface area contributed by atoms with E-state index in [9.17, 15) is 4.79 Å². The van der Waals surface area contributed by atoms with Crippen molar-refractivity contribution in [1.82, 2.24) is 5.32 Å². The minimum atomic E-state index is 0.0294. The van der Waals surface area contributed by atoms with E-state index in [2.05, 4.69) is 10.6 Å². The molecule has 0 aromatic heterocycles. The zero-order valence-electron chi connectivity index (χ0n) is 11.7. The van der Waals surface area contributed by atoms with Crippen molar-refractivity contribution in [2.75, 3.05) is 19.0 Å². The van der Waals surface area contributed by atoms with Gasteiger partial charge < -0.3 is 15.4 Å². The molecule has 1 atom stereocenters. The van der Waals surface area contributed by atoms with Crippen LogP contribution in [-0.2, 0) is 4.79 Å². The maximum Gasteiger partial charge on any atom is 0.224 e. The second-order valence-corrected chi connectivity index (χ2v) is 5.49. The lowest BCUT2D eigenvalue weighted by molar-refractivity contribution is -0.116. The Kier molecular flexibility index (Phi) is 5.68. The number of benzene rings is 1. The highest BCUT2D eigenvalue weighted by atomic mass is 35.5. The van der Waals surface area contributed by atoms with Gasteiger partial charge >= 0.3 is 0 Å². The fourth-order valence-electron chi connectivity index (χ4n) is 2.44. The fraction of sp³-hybridized carbons (Fsp3) is 0.533. The van der Waals surface area contributed by atoms with Gasteiger partial charge in [-0.1, -0.05) is 18.0 Å². The summed E-state index contributed by atoms with van der Waals surface area (Å²) in [5.41, 5.74) is 0.716. The Morgan fingerprint density at radius 3 is 3.05 bits per heavy atom. The molecule has 0 saturated carbocycles. The Labute approximate surface area is 124 Å². The molecule has 1 aromatic rings. The van der Waals surface area contributed by atoms with E-state index in [0.717, 1.165) is 13.0 Å². The number of amides is 1. The summed E-state index contributed by atoms with van der Waals surface area (Å²) in [6.45, 7) is 1.07. The molecule has 5 heteroatoms. The van der Waals surface area contributed by atoms with Crippen LogP contribution in [-0.4, -0.2) is 25.6 Å². The zero-order valence-corrected chi connectivity index (χ0v) is 12.5. The molecule has 1 fully saturated rings. The van der Waals surface area contributed by atoms with Gasteiger partial charge in [0, 0.05) is 24.2 Å². The molecule has 20 heavy (non-hydrogen) atoms. The monoisotopic (exact) mass is 296 g/mol. The third-order valence-electron chi connectivity index (χ3n) is 3.57. The molecule has 0 aliphatic carbocycles. The first kappa shape index (κ1) is 15.1. The average Bonchev–Trinajstić information content (AvgIpc) is 2.48. The van der Waals surface area contributed by atoms with E-state index in [0.29, 0.717) is 28.9 Å². The molecule has 1 aliphatic rings. The number of hydrogen-bond donors (Lipinski definition) is 2. The van der Waals surface area contributed by atoms with E-state index in [1.54, 1.807) is 25.3 Å². The summed E-state index contributed by atoms with van der Waals surface area (Å²) in [5.74, 6) is 0.597. The summed E-state index contributed by atoms with van der Waals surface area (Å²) in [6.07, 6.45) is 5.09. The summed E-state index contributed by atoms with van der Waals surface area (Å²) < 4.78 is 5.13. The van der Waals surface area contributed by atoms with Crippen molar-refractivity contribution >= 4 is 23.2 Å². The van der Waals surface area contributed by atoms with Crippen molar-refractivity contribution < 1.29 is 9.53 Å². The first-order valence-electron chi connectivity index (χ1n) is 7.06. The number of hydrogen-bond acceptors (Lipinski definition) is 3. The SMILES string of the molecule is COc1cc(NC(=O)CCC2CCCCN2)ccc1Cl. The molecule has 2 rings (SSSR count). The van der Waals surface area contributed by atoms with Crippen LogP contribution in [0.1, 0.15) is 32.1 Å². The third kappa shape index (κ3) is 4.39. The van der Waals surface area contributed by atoms with Gasteiger partial charge in [0.1, 0.15) is 5.75 Å². The van der Waals surface area contributed by atoms with Crippen molar-refractivity contribution in [1.29, 1.82) is 0 Å². The summed E-state index contributed by atoms with van der Waals surface area (Å²) in [7, 11) is 1.56. The summed E-state index contributed by atoms with van der Waals surface area (Å²) in [4.78, 5) is 11.9. The van der Waals surface area contributed by atoms with Gasteiger partial charge in [0.25, 0.3) is 0 Å². The lowest BCUT2D eigenvalue weighted by atomic mass is 10.0. The summed E-state index contributed by atoms with van der Waals surface area (Å²) in [5, 5.41) is 6.86. The highest BCUT2D eigenvalue weighted by Gasteiger charge is 2.14. The second-order valence-electron chi connectivity index (χ2n) is 5.08. The number of piperidine rings is 1. The van der Waals surface area contributed by atoms with E-state index in [1.165, 1.54) is 19.3 Å². The Morgan fingerprint density at radius 1 is 1.50 bits per heavy atom. The Bertz CT molecular complexity index is 459. The molecule has 2 N–H and O–H groups in total. The third-order valence-corrected chi connectivity index (χ3v) is 3.88. The van der Waals surface area contributed by atoms with E-state index < -0.39 is 0 Å². The molecule has 1 saturated heterocycles. The normalized spacial score (nSPS) is 18.6. The lowest BCUT2D eigenvalue weighted by Gasteiger charge is -2.23. The molecule has 1 aliphatic heterocycles. The number of methoxy groups -OCH3 is 1. The molecular weight excluding hydrogens is 276 g/mol. The second kappa shape index (κ2) is 7.50. The van der Waals surface area contributed by atoms with Gasteiger partial charge in [-0.2, -0.15) is 0 Å². The van der Waals surface area contributed by atoms with Crippen LogP contribution in [0.25, 0.3) is 0 Å². The van der Waals surface area contributed by atoms with Gasteiger partial charge in [-0.05, 0) is 37.9 Å². The zero-order chi connectivity index (χ0) is 14.4. The Morgan fingerprint density at radius 2 is 2.35 bits per heavy atom. The first-order chi connectivity index (χ1) is 9.69. The molecule has 0 radical (unpaired) electrons. The molecule has 1 amide bonds. The predicted molar refractivity (Wildman–Crippen MR) is 81.5 cm³/mol. The summed E-state index contributed by atoms with van der Waals surface area (Å²) >= 11 is 5.95. The van der Waals surface area contributed by atoms with Gasteiger partial charge in [-0.15, -0.1) is 0 Å². The Hall–Kier alpha value is -1.26. The van der Waals surface area contributed by atoms with Gasteiger partial charge in [0.2, 0.25) is 5.91 Å². The number of ether oxygens (including phenoxy) is 1.